The molecule has 5 N–H and O–H groups in total. The molecular formula is C24H24FN3O3. The third-order valence-corrected chi connectivity index (χ3v) is 4.83. The molecule has 6 nitrogen and oxygen atoms in total. The smallest absolute Gasteiger partial charge is 0.307 e. The Morgan fingerprint density at radius 1 is 1.13 bits per heavy atom. The van der Waals surface area contributed by atoms with Crippen LogP contribution in [-0.4, -0.2) is 24.3 Å². The topological polar surface area (TPSA) is 111 Å². The largest absolute Gasteiger partial charge is 0.489 e. The average Bonchev–Trinajstić information content (AvgIpc) is 2.74. The lowest BCUT2D eigenvalue weighted by atomic mass is 9.94. The van der Waals surface area contributed by atoms with Crippen LogP contribution in [0.3, 0.4) is 0 Å². The summed E-state index contributed by atoms with van der Waals surface area (Å²) in [4.78, 5) is 15.1. The monoisotopic (exact) mass is 421 g/mol. The van der Waals surface area contributed by atoms with E-state index in [-0.39, 0.29) is 19.6 Å². The molecule has 0 aliphatic heterocycles. The van der Waals surface area contributed by atoms with E-state index in [1.54, 1.807) is 67.9 Å². The average molecular weight is 421 g/mol. The van der Waals surface area contributed by atoms with Crippen molar-refractivity contribution in [2.24, 2.45) is 10.7 Å². The number of nitrogens with zero attached hydrogens (tertiary/aromatic N) is 1. The van der Waals surface area contributed by atoms with Crippen molar-refractivity contribution in [1.29, 1.82) is 0 Å². The molecule has 0 atom stereocenters. The van der Waals surface area contributed by atoms with E-state index in [1.165, 1.54) is 0 Å². The van der Waals surface area contributed by atoms with E-state index in [4.69, 9.17) is 21.3 Å². The molecule has 0 spiro atoms. The maximum atomic E-state index is 15.0. The van der Waals surface area contributed by atoms with Crippen molar-refractivity contribution in [2.45, 2.75) is 19.6 Å². The summed E-state index contributed by atoms with van der Waals surface area (Å²) in [6.07, 6.45) is 1.44. The van der Waals surface area contributed by atoms with Crippen LogP contribution in [0.1, 0.15) is 22.3 Å². The zero-order chi connectivity index (χ0) is 22.4. The number of hydrogen-bond donors (Lipinski definition) is 3. The van der Waals surface area contributed by atoms with Crippen LogP contribution in [0.15, 0.2) is 59.6 Å². The van der Waals surface area contributed by atoms with Gasteiger partial charge in [-0.1, -0.05) is 36.4 Å². The summed E-state index contributed by atoms with van der Waals surface area (Å²) in [5.74, 6) is -0.874. The van der Waals surface area contributed by atoms with Crippen LogP contribution in [0.4, 0.5) is 10.1 Å². The van der Waals surface area contributed by atoms with Gasteiger partial charge >= 0.3 is 5.97 Å². The van der Waals surface area contributed by atoms with Gasteiger partial charge in [-0.2, -0.15) is 0 Å². The lowest BCUT2D eigenvalue weighted by molar-refractivity contribution is -0.136. The van der Waals surface area contributed by atoms with Crippen LogP contribution in [-0.2, 0) is 24.4 Å². The molecule has 160 valence electrons. The van der Waals surface area contributed by atoms with Crippen molar-refractivity contribution in [3.05, 3.63) is 82.7 Å². The second kappa shape index (κ2) is 9.86. The second-order valence-electron chi connectivity index (χ2n) is 6.98. The van der Waals surface area contributed by atoms with Gasteiger partial charge in [-0.05, 0) is 29.3 Å². The van der Waals surface area contributed by atoms with Gasteiger partial charge in [-0.25, -0.2) is 4.39 Å². The molecule has 31 heavy (non-hydrogen) atoms. The van der Waals surface area contributed by atoms with Gasteiger partial charge in [0.25, 0.3) is 0 Å². The third kappa shape index (κ3) is 5.07. The molecule has 3 aromatic rings. The van der Waals surface area contributed by atoms with Crippen LogP contribution in [0, 0.1) is 5.82 Å². The number of benzene rings is 3. The van der Waals surface area contributed by atoms with E-state index in [0.717, 1.165) is 0 Å². The number of nitrogen functional groups attached to an aromatic ring is 1. The summed E-state index contributed by atoms with van der Waals surface area (Å²) in [6.45, 7) is 0.213. The third-order valence-electron chi connectivity index (χ3n) is 4.83. The molecule has 0 saturated heterocycles. The standard InChI is InChI=1S/C24H24FN3O3/c1-28-13-20-19(18-7-4-6-17(12-26)24(18)25)9-15(10-21(20)27)14-31-22-8-3-2-5-16(22)11-23(29)30/h2-10,13H,11-12,14,26-27H2,1H3,(H,29,30). The molecule has 3 rings (SSSR count). The first-order chi connectivity index (χ1) is 14.9. The summed E-state index contributed by atoms with van der Waals surface area (Å²) < 4.78 is 20.9. The summed E-state index contributed by atoms with van der Waals surface area (Å²) in [5, 5.41) is 9.10. The number of hydrogen-bond acceptors (Lipinski definition) is 5. The van der Waals surface area contributed by atoms with Crippen molar-refractivity contribution in [1.82, 2.24) is 0 Å². The zero-order valence-electron chi connectivity index (χ0n) is 17.1. The van der Waals surface area contributed by atoms with Gasteiger partial charge in [0.05, 0.1) is 6.42 Å². The molecule has 0 amide bonds. The molecule has 0 heterocycles. The Bertz CT molecular complexity index is 1130. The van der Waals surface area contributed by atoms with Crippen LogP contribution in [0.2, 0.25) is 0 Å². The number of rotatable bonds is 8. The molecule has 0 unspecified atom stereocenters. The molecule has 0 radical (unpaired) electrons. The van der Waals surface area contributed by atoms with Gasteiger partial charge < -0.3 is 21.3 Å². The van der Waals surface area contributed by atoms with Gasteiger partial charge in [0, 0.05) is 47.7 Å². The van der Waals surface area contributed by atoms with Gasteiger partial charge in [0.2, 0.25) is 0 Å². The zero-order valence-corrected chi connectivity index (χ0v) is 17.1. The first kappa shape index (κ1) is 22.0. The summed E-state index contributed by atoms with van der Waals surface area (Å²) in [7, 11) is 1.62. The SMILES string of the molecule is CN=Cc1c(N)cc(COc2ccccc2CC(=O)O)cc1-c1cccc(CN)c1F. The van der Waals surface area contributed by atoms with Crippen LogP contribution in [0.25, 0.3) is 11.1 Å². The Kier molecular flexibility index (Phi) is 6.99. The van der Waals surface area contributed by atoms with E-state index in [9.17, 15) is 4.79 Å². The predicted molar refractivity (Wildman–Crippen MR) is 120 cm³/mol. The van der Waals surface area contributed by atoms with Gasteiger partial charge in [0.15, 0.2) is 0 Å². The summed E-state index contributed by atoms with van der Waals surface area (Å²) >= 11 is 0. The highest BCUT2D eigenvalue weighted by molar-refractivity contribution is 5.96. The lowest BCUT2D eigenvalue weighted by Crippen LogP contribution is -2.06. The number of carbonyl (C=O) groups is 1. The van der Waals surface area contributed by atoms with Gasteiger partial charge in [0.1, 0.15) is 18.2 Å². The molecule has 0 saturated carbocycles. The molecule has 0 aliphatic carbocycles. The van der Waals surface area contributed by atoms with E-state index >= 15 is 4.39 Å². The van der Waals surface area contributed by atoms with E-state index in [0.29, 0.717) is 44.8 Å². The minimum atomic E-state index is -0.943. The normalized spacial score (nSPS) is 11.1. The number of carboxylic acids is 1. The number of ether oxygens (including phenoxy) is 1. The number of nitrogens with two attached hydrogens (primary N) is 2. The van der Waals surface area contributed by atoms with Crippen molar-refractivity contribution in [3.8, 4) is 16.9 Å². The van der Waals surface area contributed by atoms with E-state index in [2.05, 4.69) is 4.99 Å². The number of para-hydroxylation sites is 1. The number of anilines is 1. The van der Waals surface area contributed by atoms with Gasteiger partial charge in [-0.15, -0.1) is 0 Å². The molecular weight excluding hydrogens is 397 g/mol. The highest BCUT2D eigenvalue weighted by Crippen LogP contribution is 2.32. The first-order valence-electron chi connectivity index (χ1n) is 9.69. The fraction of sp³-hybridized carbons (Fsp3) is 0.167. The quantitative estimate of drug-likeness (QED) is 0.379. The first-order valence-corrected chi connectivity index (χ1v) is 9.69. The Labute approximate surface area is 180 Å². The molecule has 3 aromatic carbocycles. The lowest BCUT2D eigenvalue weighted by Gasteiger charge is -2.16. The van der Waals surface area contributed by atoms with Gasteiger partial charge in [-0.3, -0.25) is 9.79 Å². The summed E-state index contributed by atoms with van der Waals surface area (Å²) in [5.41, 5.74) is 15.6. The van der Waals surface area contributed by atoms with Crippen molar-refractivity contribution >= 4 is 17.9 Å². The molecule has 0 aliphatic rings. The highest BCUT2D eigenvalue weighted by Gasteiger charge is 2.16. The molecule has 0 fully saturated rings. The van der Waals surface area contributed by atoms with Crippen molar-refractivity contribution in [2.75, 3.05) is 12.8 Å². The maximum Gasteiger partial charge on any atom is 0.307 e. The fourth-order valence-corrected chi connectivity index (χ4v) is 3.38. The Hall–Kier alpha value is -3.71. The molecule has 0 aromatic heterocycles. The van der Waals surface area contributed by atoms with Crippen molar-refractivity contribution in [3.63, 3.8) is 0 Å². The minimum Gasteiger partial charge on any atom is -0.489 e. The number of aliphatic imine (C=N–C) groups is 1. The maximum absolute atomic E-state index is 15.0. The van der Waals surface area contributed by atoms with E-state index < -0.39 is 11.8 Å². The molecule has 0 bridgehead atoms. The summed E-state index contributed by atoms with van der Waals surface area (Å²) in [6, 6.07) is 15.5. The van der Waals surface area contributed by atoms with Crippen LogP contribution in [0.5, 0.6) is 5.75 Å². The highest BCUT2D eigenvalue weighted by atomic mass is 19.1. The Morgan fingerprint density at radius 3 is 2.58 bits per heavy atom. The fourth-order valence-electron chi connectivity index (χ4n) is 3.38. The van der Waals surface area contributed by atoms with Crippen LogP contribution >= 0.6 is 0 Å². The number of aliphatic carboxylic acids is 1. The molecule has 7 heteroatoms. The second-order valence-corrected chi connectivity index (χ2v) is 6.98. The van der Waals surface area contributed by atoms with E-state index in [1.807, 2.05) is 0 Å². The number of halogens is 1. The predicted octanol–water partition coefficient (Wildman–Crippen LogP) is 3.79. The number of carboxylic acid groups (broad SMARTS) is 1. The van der Waals surface area contributed by atoms with Crippen molar-refractivity contribution < 1.29 is 19.0 Å². The Morgan fingerprint density at radius 2 is 1.87 bits per heavy atom. The van der Waals surface area contributed by atoms with Crippen LogP contribution < -0.4 is 16.2 Å². The minimum absolute atomic E-state index is 0.0789. The Balaban J connectivity index is 2.00.